The van der Waals surface area contributed by atoms with E-state index in [1.54, 1.807) is 0 Å². The summed E-state index contributed by atoms with van der Waals surface area (Å²) in [5.41, 5.74) is 0. The van der Waals surface area contributed by atoms with E-state index < -0.39 is 6.10 Å². The predicted octanol–water partition coefficient (Wildman–Crippen LogP) is 19.1. The molecule has 0 aromatic heterocycles. The van der Waals surface area contributed by atoms with Crippen LogP contribution in [0.25, 0.3) is 0 Å². The summed E-state index contributed by atoms with van der Waals surface area (Å²) in [6.07, 6.45) is 82.0. The zero-order valence-corrected chi connectivity index (χ0v) is 44.1. The Kier molecular flexibility index (Phi) is 54.0. The quantitative estimate of drug-likeness (QED) is 0.0345. The van der Waals surface area contributed by atoms with Gasteiger partial charge in [0.15, 0.2) is 6.10 Å². The highest BCUT2D eigenvalue weighted by Crippen LogP contribution is 2.13. The summed E-state index contributed by atoms with van der Waals surface area (Å²) in [6, 6.07) is 0. The molecular weight excluding hydrogens is 837 g/mol. The van der Waals surface area contributed by atoms with E-state index in [-0.39, 0.29) is 25.2 Å². The Labute approximate surface area is 419 Å². The van der Waals surface area contributed by atoms with E-state index in [4.69, 9.17) is 14.2 Å². The molecule has 0 heterocycles. The molecule has 1 unspecified atom stereocenters. The molecule has 0 rings (SSSR count). The van der Waals surface area contributed by atoms with Crippen molar-refractivity contribution >= 4 is 11.9 Å². The Morgan fingerprint density at radius 1 is 0.338 bits per heavy atom. The fourth-order valence-electron chi connectivity index (χ4n) is 7.12. The molecular formula is C63H102O5. The number of unbranched alkanes of at least 4 members (excludes halogenated alkanes) is 16. The standard InChI is InChI=1S/C63H102O5/c1-4-7-10-13-16-19-22-25-28-31-32-34-35-38-41-44-47-50-53-56-62(64)67-60-61(59-66-58-55-52-49-46-43-40-37-30-27-24-21-18-15-12-9-6-3)68-63(65)57-54-51-48-45-42-39-36-33-29-26-23-20-17-14-11-8-5-2/h8-9,11-12,16-21,25-30,32,34,40,43,49,52,61H,4-7,10,13-15,22-24,31,33,35-39,41-42,44-48,50-51,53-60H2,1-3H3/b11-8-,12-9-,19-16-,20-17-,21-18-,28-25-,29-26-,30-27-,34-32-,43-40-,52-49-. The van der Waals surface area contributed by atoms with E-state index in [0.717, 1.165) is 122 Å². The number of carbonyl (C=O) groups is 2. The molecule has 384 valence electrons. The van der Waals surface area contributed by atoms with Crippen molar-refractivity contribution < 1.29 is 23.8 Å². The summed E-state index contributed by atoms with van der Waals surface area (Å²) >= 11 is 0. The number of rotatable bonds is 49. The molecule has 0 fully saturated rings. The number of esters is 2. The zero-order chi connectivity index (χ0) is 49.2. The van der Waals surface area contributed by atoms with Crippen molar-refractivity contribution in [3.63, 3.8) is 0 Å². The molecule has 0 aliphatic heterocycles. The summed E-state index contributed by atoms with van der Waals surface area (Å²) in [5.74, 6) is -0.471. The Morgan fingerprint density at radius 2 is 0.662 bits per heavy atom. The Balaban J connectivity index is 4.44. The van der Waals surface area contributed by atoms with Gasteiger partial charge in [0.1, 0.15) is 6.61 Å². The first-order chi connectivity index (χ1) is 33.6. The third-order valence-corrected chi connectivity index (χ3v) is 11.2. The van der Waals surface area contributed by atoms with Crippen molar-refractivity contribution in [3.05, 3.63) is 134 Å². The average Bonchev–Trinajstić information content (AvgIpc) is 3.34. The predicted molar refractivity (Wildman–Crippen MR) is 297 cm³/mol. The minimum atomic E-state index is -0.597. The van der Waals surface area contributed by atoms with Gasteiger partial charge in [-0.2, -0.15) is 0 Å². The van der Waals surface area contributed by atoms with Gasteiger partial charge < -0.3 is 14.2 Å². The smallest absolute Gasteiger partial charge is 0.306 e. The lowest BCUT2D eigenvalue weighted by molar-refractivity contribution is -0.162. The third kappa shape index (κ3) is 54.6. The maximum Gasteiger partial charge on any atom is 0.306 e. The van der Waals surface area contributed by atoms with E-state index in [0.29, 0.717) is 19.4 Å². The first-order valence-electron chi connectivity index (χ1n) is 27.7. The Morgan fingerprint density at radius 3 is 1.06 bits per heavy atom. The maximum atomic E-state index is 12.8. The van der Waals surface area contributed by atoms with Crippen LogP contribution in [-0.2, 0) is 23.8 Å². The highest BCUT2D eigenvalue weighted by atomic mass is 16.6. The minimum absolute atomic E-state index is 0.0360. The largest absolute Gasteiger partial charge is 0.462 e. The second-order valence-corrected chi connectivity index (χ2v) is 17.7. The molecule has 0 saturated heterocycles. The van der Waals surface area contributed by atoms with E-state index in [9.17, 15) is 9.59 Å². The third-order valence-electron chi connectivity index (χ3n) is 11.2. The topological polar surface area (TPSA) is 61.8 Å². The normalized spacial score (nSPS) is 13.3. The van der Waals surface area contributed by atoms with E-state index in [1.165, 1.54) is 70.6 Å². The fraction of sp³-hybridized carbons (Fsp3) is 0.619. The molecule has 1 atom stereocenters. The van der Waals surface area contributed by atoms with Crippen molar-refractivity contribution in [2.45, 2.75) is 232 Å². The lowest BCUT2D eigenvalue weighted by atomic mass is 10.1. The maximum absolute atomic E-state index is 12.8. The fourth-order valence-corrected chi connectivity index (χ4v) is 7.12. The second kappa shape index (κ2) is 57.4. The van der Waals surface area contributed by atoms with Gasteiger partial charge in [-0.1, -0.05) is 225 Å². The highest BCUT2D eigenvalue weighted by molar-refractivity contribution is 5.70. The van der Waals surface area contributed by atoms with Crippen LogP contribution in [0.2, 0.25) is 0 Å². The lowest BCUT2D eigenvalue weighted by Crippen LogP contribution is -2.30. The van der Waals surface area contributed by atoms with Crippen LogP contribution in [0.5, 0.6) is 0 Å². The first-order valence-corrected chi connectivity index (χ1v) is 27.7. The summed E-state index contributed by atoms with van der Waals surface area (Å²) in [6.45, 7) is 7.33. The van der Waals surface area contributed by atoms with Crippen molar-refractivity contribution in [3.8, 4) is 0 Å². The van der Waals surface area contributed by atoms with Gasteiger partial charge in [0.25, 0.3) is 0 Å². The second-order valence-electron chi connectivity index (χ2n) is 17.7. The highest BCUT2D eigenvalue weighted by Gasteiger charge is 2.17. The van der Waals surface area contributed by atoms with Crippen LogP contribution >= 0.6 is 0 Å². The number of hydrogen-bond acceptors (Lipinski definition) is 5. The van der Waals surface area contributed by atoms with Crippen molar-refractivity contribution in [2.75, 3.05) is 19.8 Å². The van der Waals surface area contributed by atoms with Gasteiger partial charge in [-0.25, -0.2) is 0 Å². The molecule has 5 nitrogen and oxygen atoms in total. The number of ether oxygens (including phenoxy) is 3. The Bertz CT molecular complexity index is 1430. The first kappa shape index (κ1) is 64.0. The van der Waals surface area contributed by atoms with Gasteiger partial charge in [-0.3, -0.25) is 9.59 Å². The molecule has 0 spiro atoms. The molecule has 0 saturated carbocycles. The van der Waals surface area contributed by atoms with Crippen LogP contribution in [0.15, 0.2) is 134 Å². The molecule has 0 aromatic rings. The monoisotopic (exact) mass is 939 g/mol. The molecule has 0 amide bonds. The molecule has 0 bridgehead atoms. The molecule has 0 radical (unpaired) electrons. The van der Waals surface area contributed by atoms with Crippen LogP contribution in [0, 0.1) is 0 Å². The van der Waals surface area contributed by atoms with Gasteiger partial charge in [0, 0.05) is 12.8 Å². The van der Waals surface area contributed by atoms with E-state index in [2.05, 4.69) is 154 Å². The van der Waals surface area contributed by atoms with Crippen LogP contribution in [0.4, 0.5) is 0 Å². The average molecular weight is 940 g/mol. The van der Waals surface area contributed by atoms with E-state index in [1.807, 2.05) is 0 Å². The van der Waals surface area contributed by atoms with Crippen molar-refractivity contribution in [1.82, 2.24) is 0 Å². The molecule has 5 heteroatoms. The summed E-state index contributed by atoms with van der Waals surface area (Å²) in [5, 5.41) is 0. The molecule has 0 N–H and O–H groups in total. The van der Waals surface area contributed by atoms with Crippen LogP contribution < -0.4 is 0 Å². The zero-order valence-electron chi connectivity index (χ0n) is 44.1. The Hall–Kier alpha value is -3.96. The van der Waals surface area contributed by atoms with Crippen LogP contribution in [0.3, 0.4) is 0 Å². The minimum Gasteiger partial charge on any atom is -0.462 e. The summed E-state index contributed by atoms with van der Waals surface area (Å²) in [7, 11) is 0. The molecule has 0 aliphatic carbocycles. The van der Waals surface area contributed by atoms with Gasteiger partial charge in [-0.15, -0.1) is 0 Å². The lowest BCUT2D eigenvalue weighted by Gasteiger charge is -2.18. The number of carbonyl (C=O) groups excluding carboxylic acids is 2. The van der Waals surface area contributed by atoms with Crippen LogP contribution in [-0.4, -0.2) is 37.9 Å². The SMILES string of the molecule is CC/C=C\C/C=C\C/C=C\C/C=C\C/C=C\CCOCC(COC(=O)CCCCCCCC/C=C\C/C=C\C/C=C\CCCCC)OC(=O)CCCCCCCCC/C=C\C/C=C\C/C=C\CC. The number of allylic oxidation sites excluding steroid dienone is 21. The molecule has 0 aromatic carbocycles. The van der Waals surface area contributed by atoms with Crippen molar-refractivity contribution in [2.24, 2.45) is 0 Å². The van der Waals surface area contributed by atoms with Gasteiger partial charge in [0.05, 0.1) is 13.2 Å². The molecule has 0 aliphatic rings. The van der Waals surface area contributed by atoms with Gasteiger partial charge in [-0.05, 0) is 122 Å². The summed E-state index contributed by atoms with van der Waals surface area (Å²) < 4.78 is 17.3. The van der Waals surface area contributed by atoms with Gasteiger partial charge >= 0.3 is 11.9 Å². The van der Waals surface area contributed by atoms with Crippen LogP contribution in [0.1, 0.15) is 226 Å². The van der Waals surface area contributed by atoms with Gasteiger partial charge in [0.2, 0.25) is 0 Å². The summed E-state index contributed by atoms with van der Waals surface area (Å²) in [4.78, 5) is 25.5. The number of hydrogen-bond donors (Lipinski definition) is 0. The molecule has 68 heavy (non-hydrogen) atoms. The van der Waals surface area contributed by atoms with Crippen molar-refractivity contribution in [1.29, 1.82) is 0 Å². The van der Waals surface area contributed by atoms with E-state index >= 15 is 0 Å².